The predicted octanol–water partition coefficient (Wildman–Crippen LogP) is 5.31. The van der Waals surface area contributed by atoms with Gasteiger partial charge in [0.05, 0.1) is 22.9 Å². The first-order chi connectivity index (χ1) is 15.9. The minimum absolute atomic E-state index is 0.0119. The highest BCUT2D eigenvalue weighted by molar-refractivity contribution is 6.34. The van der Waals surface area contributed by atoms with E-state index in [1.807, 2.05) is 30.3 Å². The Labute approximate surface area is 195 Å². The number of anilines is 2. The first-order valence-electron chi connectivity index (χ1n) is 10.5. The summed E-state index contributed by atoms with van der Waals surface area (Å²) in [4.78, 5) is 27.0. The van der Waals surface area contributed by atoms with E-state index in [-0.39, 0.29) is 16.5 Å². The number of nitrogens with zero attached hydrogens (tertiary/aromatic N) is 1. The number of hydrogen-bond acceptors (Lipinski definition) is 4. The highest BCUT2D eigenvalue weighted by Crippen LogP contribution is 2.36. The summed E-state index contributed by atoms with van der Waals surface area (Å²) in [6.45, 7) is 2.53. The zero-order valence-corrected chi connectivity index (χ0v) is 18.6. The van der Waals surface area contributed by atoms with Crippen molar-refractivity contribution >= 4 is 34.8 Å². The fourth-order valence-electron chi connectivity index (χ4n) is 3.55. The number of carbonyl (C=O) groups excluding carboxylic acids is 2. The monoisotopic (exact) mass is 468 g/mol. The number of rotatable bonds is 7. The van der Waals surface area contributed by atoms with Gasteiger partial charge in [0.15, 0.2) is 6.10 Å². The molecule has 1 aliphatic rings. The summed E-state index contributed by atoms with van der Waals surface area (Å²) >= 11 is 5.99. The smallest absolute Gasteiger partial charge is 0.267 e. The van der Waals surface area contributed by atoms with Gasteiger partial charge in [-0.05, 0) is 55.8 Å². The molecule has 0 aliphatic carbocycles. The van der Waals surface area contributed by atoms with Crippen LogP contribution in [-0.2, 0) is 4.79 Å². The number of para-hydroxylation sites is 1. The van der Waals surface area contributed by atoms with E-state index in [4.69, 9.17) is 21.1 Å². The van der Waals surface area contributed by atoms with Crippen LogP contribution in [0.1, 0.15) is 23.7 Å². The number of benzene rings is 3. The van der Waals surface area contributed by atoms with E-state index in [9.17, 15) is 14.0 Å². The van der Waals surface area contributed by atoms with Gasteiger partial charge in [-0.25, -0.2) is 4.39 Å². The van der Waals surface area contributed by atoms with Gasteiger partial charge in [0, 0.05) is 12.2 Å². The van der Waals surface area contributed by atoms with Crippen molar-refractivity contribution in [1.82, 2.24) is 0 Å². The van der Waals surface area contributed by atoms with E-state index in [1.165, 1.54) is 18.2 Å². The van der Waals surface area contributed by atoms with Gasteiger partial charge in [0.2, 0.25) is 0 Å². The molecule has 8 heteroatoms. The van der Waals surface area contributed by atoms with Crippen molar-refractivity contribution in [3.63, 3.8) is 0 Å². The van der Waals surface area contributed by atoms with Gasteiger partial charge in [0.1, 0.15) is 17.3 Å². The van der Waals surface area contributed by atoms with Crippen LogP contribution in [0.4, 0.5) is 15.8 Å². The number of carbonyl (C=O) groups is 2. The minimum atomic E-state index is -0.717. The highest BCUT2D eigenvalue weighted by atomic mass is 35.5. The Morgan fingerprint density at radius 1 is 1.15 bits per heavy atom. The molecular formula is C25H22ClFN2O4. The Balaban J connectivity index is 1.49. The Morgan fingerprint density at radius 3 is 2.70 bits per heavy atom. The fourth-order valence-corrected chi connectivity index (χ4v) is 3.80. The number of amides is 2. The van der Waals surface area contributed by atoms with Gasteiger partial charge in [-0.1, -0.05) is 35.9 Å². The number of hydrogen-bond donors (Lipinski definition) is 1. The third-order valence-electron chi connectivity index (χ3n) is 5.15. The average Bonchev–Trinajstić information content (AvgIpc) is 2.80. The lowest BCUT2D eigenvalue weighted by Gasteiger charge is -2.33. The number of halogens is 2. The lowest BCUT2D eigenvalue weighted by Crippen LogP contribution is -2.45. The summed E-state index contributed by atoms with van der Waals surface area (Å²) in [6.07, 6.45) is -0.0426. The van der Waals surface area contributed by atoms with Crippen molar-refractivity contribution in [3.05, 3.63) is 83.1 Å². The van der Waals surface area contributed by atoms with Crippen LogP contribution in [0.3, 0.4) is 0 Å². The summed E-state index contributed by atoms with van der Waals surface area (Å²) in [5.74, 6) is -0.310. The molecule has 1 unspecified atom stereocenters. The summed E-state index contributed by atoms with van der Waals surface area (Å²) in [7, 11) is 0. The first kappa shape index (κ1) is 22.6. The molecule has 3 aromatic rings. The first-order valence-corrected chi connectivity index (χ1v) is 10.9. The van der Waals surface area contributed by atoms with Crippen molar-refractivity contribution in [2.24, 2.45) is 0 Å². The zero-order valence-electron chi connectivity index (χ0n) is 17.9. The Kier molecular flexibility index (Phi) is 6.79. The molecule has 170 valence electrons. The van der Waals surface area contributed by atoms with Crippen LogP contribution in [0.15, 0.2) is 66.7 Å². The molecule has 1 N–H and O–H groups in total. The van der Waals surface area contributed by atoms with Crippen molar-refractivity contribution in [1.29, 1.82) is 0 Å². The van der Waals surface area contributed by atoms with Crippen LogP contribution >= 0.6 is 11.6 Å². The second-order valence-corrected chi connectivity index (χ2v) is 7.91. The number of nitrogens with one attached hydrogen (secondary N) is 1. The minimum Gasteiger partial charge on any atom is -0.494 e. The molecule has 1 aliphatic heterocycles. The largest absolute Gasteiger partial charge is 0.494 e. The molecule has 1 heterocycles. The van der Waals surface area contributed by atoms with Gasteiger partial charge in [-0.2, -0.15) is 0 Å². The SMILES string of the molecule is CC1Oc2ccc(NC(=O)c3c(F)cccc3Cl)cc2N(CCCOc2ccccc2)C1=O. The molecule has 33 heavy (non-hydrogen) atoms. The highest BCUT2D eigenvalue weighted by Gasteiger charge is 2.31. The maximum atomic E-state index is 14.1. The fraction of sp³-hybridized carbons (Fsp3) is 0.200. The molecular weight excluding hydrogens is 447 g/mol. The molecule has 0 fully saturated rings. The normalized spacial score (nSPS) is 14.9. The van der Waals surface area contributed by atoms with E-state index in [0.717, 1.165) is 5.75 Å². The van der Waals surface area contributed by atoms with E-state index in [0.29, 0.717) is 36.7 Å². The van der Waals surface area contributed by atoms with Crippen molar-refractivity contribution < 1.29 is 23.5 Å². The predicted molar refractivity (Wildman–Crippen MR) is 125 cm³/mol. The third-order valence-corrected chi connectivity index (χ3v) is 5.47. The van der Waals surface area contributed by atoms with Crippen LogP contribution in [0.5, 0.6) is 11.5 Å². The van der Waals surface area contributed by atoms with Crippen LogP contribution in [0.2, 0.25) is 5.02 Å². The Bertz CT molecular complexity index is 1150. The standard InChI is InChI=1S/C25H22ClFN2O4/c1-16-25(31)29(13-6-14-32-18-7-3-2-4-8-18)21-15-17(11-12-22(21)33-16)28-24(30)23-19(26)9-5-10-20(23)27/h2-5,7-12,15-16H,6,13-14H2,1H3,(H,28,30). The van der Waals surface area contributed by atoms with Gasteiger partial charge in [0.25, 0.3) is 11.8 Å². The molecule has 2 amide bonds. The third kappa shape index (κ3) is 5.09. The Morgan fingerprint density at radius 2 is 1.94 bits per heavy atom. The molecule has 0 spiro atoms. The van der Waals surface area contributed by atoms with Crippen LogP contribution < -0.4 is 19.7 Å². The molecule has 1 atom stereocenters. The zero-order chi connectivity index (χ0) is 23.4. The van der Waals surface area contributed by atoms with Gasteiger partial charge < -0.3 is 19.7 Å². The van der Waals surface area contributed by atoms with Crippen LogP contribution in [0.25, 0.3) is 0 Å². The molecule has 0 saturated heterocycles. The molecule has 4 rings (SSSR count). The Hall–Kier alpha value is -3.58. The van der Waals surface area contributed by atoms with E-state index >= 15 is 0 Å². The van der Waals surface area contributed by atoms with Crippen molar-refractivity contribution in [2.75, 3.05) is 23.4 Å². The lowest BCUT2D eigenvalue weighted by atomic mass is 10.1. The van der Waals surface area contributed by atoms with Crippen molar-refractivity contribution in [3.8, 4) is 11.5 Å². The maximum Gasteiger partial charge on any atom is 0.267 e. The molecule has 0 radical (unpaired) electrons. The van der Waals surface area contributed by atoms with E-state index < -0.39 is 17.8 Å². The number of fused-ring (bicyclic) bond motifs is 1. The molecule has 0 aromatic heterocycles. The van der Waals surface area contributed by atoms with Gasteiger partial charge in [-0.15, -0.1) is 0 Å². The molecule has 3 aromatic carbocycles. The second-order valence-electron chi connectivity index (χ2n) is 7.50. The van der Waals surface area contributed by atoms with Gasteiger partial charge in [-0.3, -0.25) is 9.59 Å². The summed E-state index contributed by atoms with van der Waals surface area (Å²) in [6, 6.07) is 18.4. The molecule has 0 saturated carbocycles. The summed E-state index contributed by atoms with van der Waals surface area (Å²) in [5.41, 5.74) is 0.664. The topological polar surface area (TPSA) is 67.9 Å². The second kappa shape index (κ2) is 9.92. The summed E-state index contributed by atoms with van der Waals surface area (Å²) in [5, 5.41) is 2.66. The maximum absolute atomic E-state index is 14.1. The van der Waals surface area contributed by atoms with Crippen molar-refractivity contribution in [2.45, 2.75) is 19.4 Å². The molecule has 0 bridgehead atoms. The molecule has 6 nitrogen and oxygen atoms in total. The van der Waals surface area contributed by atoms with Gasteiger partial charge >= 0.3 is 0 Å². The van der Waals surface area contributed by atoms with E-state index in [1.54, 1.807) is 30.0 Å². The van der Waals surface area contributed by atoms with Crippen LogP contribution in [-0.4, -0.2) is 31.1 Å². The number of ether oxygens (including phenoxy) is 2. The summed E-state index contributed by atoms with van der Waals surface area (Å²) < 4.78 is 25.5. The van der Waals surface area contributed by atoms with E-state index in [2.05, 4.69) is 5.32 Å². The quantitative estimate of drug-likeness (QED) is 0.477. The lowest BCUT2D eigenvalue weighted by molar-refractivity contribution is -0.125. The van der Waals surface area contributed by atoms with Crippen LogP contribution in [0, 0.1) is 5.82 Å². The average molecular weight is 469 g/mol.